The predicted molar refractivity (Wildman–Crippen MR) is 119 cm³/mol. The van der Waals surface area contributed by atoms with E-state index < -0.39 is 20.6 Å². The Balaban J connectivity index is 3.04. The van der Waals surface area contributed by atoms with Gasteiger partial charge in [-0.1, -0.05) is 30.4 Å². The maximum Gasteiger partial charge on any atom is 0.346 e. The fraction of sp³-hybridized carbons (Fsp3) is 0.600. The molecule has 0 atom stereocenters. The summed E-state index contributed by atoms with van der Waals surface area (Å²) in [4.78, 5) is 2.07. The Morgan fingerprint density at radius 1 is 0.828 bits per heavy atom. The van der Waals surface area contributed by atoms with Gasteiger partial charge in [0.1, 0.15) is 0 Å². The Morgan fingerprint density at radius 2 is 1.28 bits per heavy atom. The van der Waals surface area contributed by atoms with Crippen LogP contribution in [0.4, 0.5) is 5.69 Å². The number of benzene rings is 1. The van der Waals surface area contributed by atoms with Gasteiger partial charge < -0.3 is 23.0 Å². The van der Waals surface area contributed by atoms with E-state index >= 15 is 0 Å². The van der Waals surface area contributed by atoms with Gasteiger partial charge in [-0.2, -0.15) is 0 Å². The second-order valence-electron chi connectivity index (χ2n) is 6.15. The van der Waals surface area contributed by atoms with Crippen molar-refractivity contribution in [2.75, 3.05) is 44.9 Å². The smallest absolute Gasteiger partial charge is 0.346 e. The van der Waals surface area contributed by atoms with Crippen molar-refractivity contribution >= 4 is 20.9 Å². The summed E-state index contributed by atoms with van der Waals surface area (Å²) in [5, 5.41) is -1.02. The van der Waals surface area contributed by atoms with E-state index in [1.54, 1.807) is 27.7 Å². The Kier molecular flexibility index (Phi) is 12.0. The molecule has 0 aromatic heterocycles. The molecular weight excluding hydrogens is 412 g/mol. The molecule has 0 fully saturated rings. The van der Waals surface area contributed by atoms with E-state index in [2.05, 4.69) is 4.90 Å². The van der Waals surface area contributed by atoms with Crippen LogP contribution >= 0.6 is 15.2 Å². The zero-order valence-corrected chi connectivity index (χ0v) is 19.9. The molecule has 0 radical (unpaired) electrons. The zero-order chi connectivity index (χ0) is 21.8. The van der Waals surface area contributed by atoms with Gasteiger partial charge in [0.05, 0.1) is 26.4 Å². The highest BCUT2D eigenvalue weighted by Gasteiger charge is 2.49. The Labute approximate surface area is 175 Å². The normalized spacial score (nSPS) is 12.8. The second kappa shape index (κ2) is 13.4. The van der Waals surface area contributed by atoms with Crippen molar-refractivity contribution in [2.24, 2.45) is 0 Å². The highest BCUT2D eigenvalue weighted by molar-refractivity contribution is 7.72. The van der Waals surface area contributed by atoms with Crippen LogP contribution < -0.4 is 4.90 Å². The number of likely N-dealkylation sites (N-methyl/N-ethyl adjacent to an activating group) is 1. The largest absolute Gasteiger partial charge is 0.371 e. The molecule has 9 heteroatoms. The highest BCUT2D eigenvalue weighted by atomic mass is 31.2. The number of allylic oxidation sites excluding steroid dienone is 1. The molecular formula is C20H35NO6P2. The zero-order valence-electron chi connectivity index (χ0n) is 18.2. The summed E-state index contributed by atoms with van der Waals surface area (Å²) >= 11 is 0. The van der Waals surface area contributed by atoms with E-state index in [4.69, 9.17) is 18.1 Å². The van der Waals surface area contributed by atoms with Crippen molar-refractivity contribution in [1.29, 1.82) is 0 Å². The molecule has 1 rings (SSSR count). The summed E-state index contributed by atoms with van der Waals surface area (Å²) in [7, 11) is -5.44. The summed E-state index contributed by atoms with van der Waals surface area (Å²) in [6.07, 6.45) is 3.96. The topological polar surface area (TPSA) is 74.3 Å². The number of nitrogens with zero attached hydrogens (tertiary/aromatic N) is 1. The van der Waals surface area contributed by atoms with Crippen molar-refractivity contribution in [3.63, 3.8) is 0 Å². The fourth-order valence-electron chi connectivity index (χ4n) is 2.81. The minimum atomic E-state index is -3.71. The molecule has 1 aromatic carbocycles. The number of rotatable bonds is 15. The van der Waals surface area contributed by atoms with E-state index in [9.17, 15) is 9.13 Å². The number of anilines is 1. The van der Waals surface area contributed by atoms with Gasteiger partial charge >= 0.3 is 15.2 Å². The van der Waals surface area contributed by atoms with Crippen molar-refractivity contribution in [3.05, 3.63) is 42.5 Å². The molecule has 7 nitrogen and oxygen atoms in total. The average molecular weight is 447 g/mol. The van der Waals surface area contributed by atoms with E-state index in [0.717, 1.165) is 5.69 Å². The second-order valence-corrected chi connectivity index (χ2v) is 11.0. The summed E-state index contributed by atoms with van der Waals surface area (Å²) in [6.45, 7) is 8.22. The van der Waals surface area contributed by atoms with Crippen LogP contribution in [0.5, 0.6) is 0 Å². The lowest BCUT2D eigenvalue weighted by molar-refractivity contribution is 0.195. The first kappa shape index (κ1) is 26.1. The summed E-state index contributed by atoms with van der Waals surface area (Å²) in [6, 6.07) is 9.97. The molecule has 0 amide bonds. The van der Waals surface area contributed by atoms with E-state index in [0.29, 0.717) is 6.54 Å². The van der Waals surface area contributed by atoms with Crippen molar-refractivity contribution < 1.29 is 27.2 Å². The molecule has 0 heterocycles. The monoisotopic (exact) mass is 447 g/mol. The van der Waals surface area contributed by atoms with Crippen molar-refractivity contribution in [1.82, 2.24) is 0 Å². The van der Waals surface area contributed by atoms with Crippen LogP contribution in [-0.4, -0.2) is 45.4 Å². The van der Waals surface area contributed by atoms with E-state index in [1.807, 2.05) is 49.5 Å². The standard InChI is InChI=1S/C20H35NO6P2/c1-6-24-28(22,25-7-2)20(29(23,26-8-3)27-9-4)17-13-14-18-21(5)19-15-11-10-12-16-19/h10-16,20H,6-9,17-18H2,1-5H3/b14-13+. The van der Waals surface area contributed by atoms with Gasteiger partial charge in [-0.05, 0) is 46.2 Å². The number of hydrogen-bond donors (Lipinski definition) is 0. The average Bonchev–Trinajstić information content (AvgIpc) is 2.69. The van der Waals surface area contributed by atoms with Crippen LogP contribution in [0, 0.1) is 0 Å². The summed E-state index contributed by atoms with van der Waals surface area (Å²) in [5.74, 6) is 0. The summed E-state index contributed by atoms with van der Waals surface area (Å²) < 4.78 is 48.8. The van der Waals surface area contributed by atoms with Gasteiger partial charge in [0.25, 0.3) is 0 Å². The lowest BCUT2D eigenvalue weighted by Crippen LogP contribution is -2.18. The van der Waals surface area contributed by atoms with Crippen LogP contribution in [0.3, 0.4) is 0 Å². The molecule has 0 spiro atoms. The first-order chi connectivity index (χ1) is 13.9. The van der Waals surface area contributed by atoms with E-state index in [-0.39, 0.29) is 32.8 Å². The maximum atomic E-state index is 13.4. The molecule has 0 bridgehead atoms. The molecule has 0 saturated carbocycles. The van der Waals surface area contributed by atoms with Gasteiger partial charge in [-0.15, -0.1) is 0 Å². The Hall–Kier alpha value is -0.940. The van der Waals surface area contributed by atoms with Crippen LogP contribution in [0.2, 0.25) is 0 Å². The highest BCUT2D eigenvalue weighted by Crippen LogP contribution is 2.71. The minimum absolute atomic E-state index is 0.173. The predicted octanol–water partition coefficient (Wildman–Crippen LogP) is 5.93. The van der Waals surface area contributed by atoms with Gasteiger partial charge in [-0.25, -0.2) is 0 Å². The first-order valence-electron chi connectivity index (χ1n) is 10.1. The lowest BCUT2D eigenvalue weighted by Gasteiger charge is -2.30. The number of hydrogen-bond acceptors (Lipinski definition) is 7. The Morgan fingerprint density at radius 3 is 1.69 bits per heavy atom. The molecule has 0 unspecified atom stereocenters. The third-order valence-corrected chi connectivity index (χ3v) is 10.1. The van der Waals surface area contributed by atoms with Crippen LogP contribution in [-0.2, 0) is 27.2 Å². The molecule has 0 N–H and O–H groups in total. The van der Waals surface area contributed by atoms with Crippen LogP contribution in [0.15, 0.2) is 42.5 Å². The van der Waals surface area contributed by atoms with Crippen LogP contribution in [0.25, 0.3) is 0 Å². The molecule has 0 aliphatic carbocycles. The third-order valence-electron chi connectivity index (χ3n) is 4.06. The van der Waals surface area contributed by atoms with Gasteiger partial charge in [-0.3, -0.25) is 9.13 Å². The van der Waals surface area contributed by atoms with Gasteiger partial charge in [0.2, 0.25) is 0 Å². The molecule has 0 aliphatic heterocycles. The van der Waals surface area contributed by atoms with Gasteiger partial charge in [0, 0.05) is 19.3 Å². The quantitative estimate of drug-likeness (QED) is 0.244. The minimum Gasteiger partial charge on any atom is -0.371 e. The van der Waals surface area contributed by atoms with Crippen molar-refractivity contribution in [3.8, 4) is 0 Å². The molecule has 29 heavy (non-hydrogen) atoms. The Bertz CT molecular complexity index is 647. The number of para-hydroxylation sites is 1. The third kappa shape index (κ3) is 8.01. The van der Waals surface area contributed by atoms with Gasteiger partial charge in [0.15, 0.2) is 5.40 Å². The van der Waals surface area contributed by atoms with Crippen LogP contribution in [0.1, 0.15) is 34.1 Å². The molecule has 0 aliphatic rings. The SMILES string of the molecule is CCOP(=O)(OCC)C(C/C=C/CN(C)c1ccccc1)P(=O)(OCC)OCC. The summed E-state index contributed by atoms with van der Waals surface area (Å²) in [5.41, 5.74) is 1.08. The molecule has 166 valence electrons. The van der Waals surface area contributed by atoms with Crippen molar-refractivity contribution in [2.45, 2.75) is 39.5 Å². The fourth-order valence-corrected chi connectivity index (χ4v) is 8.03. The molecule has 0 saturated heterocycles. The first-order valence-corrected chi connectivity index (χ1v) is 13.3. The lowest BCUT2D eigenvalue weighted by atomic mass is 10.3. The maximum absolute atomic E-state index is 13.4. The molecule has 1 aromatic rings. The van der Waals surface area contributed by atoms with E-state index in [1.165, 1.54) is 0 Å².